The Kier molecular flexibility index (Phi) is 11.0. The topological polar surface area (TPSA) is 107 Å². The second-order valence-corrected chi connectivity index (χ2v) is 13.3. The van der Waals surface area contributed by atoms with Crippen LogP contribution in [0, 0.1) is 29.6 Å². The number of methoxy groups -OCH3 is 1. The molecule has 5 rings (SSSR count). The first-order valence-electron chi connectivity index (χ1n) is 16.9. The van der Waals surface area contributed by atoms with Crippen LogP contribution in [0.2, 0.25) is 0 Å². The molecule has 0 aromatic heterocycles. The summed E-state index contributed by atoms with van der Waals surface area (Å²) < 4.78 is 5.46. The number of hydrogen-bond donors (Lipinski definition) is 4. The Morgan fingerprint density at radius 2 is 1.65 bits per heavy atom. The Hall–Kier alpha value is -3.95. The van der Waals surface area contributed by atoms with E-state index in [4.69, 9.17) is 4.74 Å². The minimum absolute atomic E-state index is 0.0362. The van der Waals surface area contributed by atoms with E-state index in [9.17, 15) is 25.2 Å². The Labute approximate surface area is 273 Å². The predicted octanol–water partition coefficient (Wildman–Crippen LogP) is 7.81. The Balaban J connectivity index is 1.63. The number of phenols is 3. The normalized spacial score (nSPS) is 24.6. The average Bonchev–Trinajstić information content (AvgIpc) is 3.56. The highest BCUT2D eigenvalue weighted by Crippen LogP contribution is 2.52. The Bertz CT molecular complexity index is 1530. The van der Waals surface area contributed by atoms with E-state index in [1.54, 1.807) is 12.1 Å². The van der Waals surface area contributed by atoms with Gasteiger partial charge in [0.15, 0.2) is 23.0 Å². The molecule has 5 atom stereocenters. The van der Waals surface area contributed by atoms with Gasteiger partial charge in [-0.2, -0.15) is 0 Å². The van der Waals surface area contributed by atoms with Gasteiger partial charge in [-0.05, 0) is 66.6 Å². The summed E-state index contributed by atoms with van der Waals surface area (Å²) in [6, 6.07) is 20.5. The van der Waals surface area contributed by atoms with Gasteiger partial charge in [-0.3, -0.25) is 4.79 Å². The number of hydrogen-bond acceptors (Lipinski definition) is 6. The number of carbonyl (C=O) groups excluding carboxylic acids is 1. The van der Waals surface area contributed by atoms with E-state index >= 15 is 0 Å². The standard InChI is InChI=1S/C40H48O6/c1-3-4-6-15-31-36(43)26-32(29-17-19-35(42)38(24-29)46-2)28(23-27-12-7-5-8-13-27)14-11-16-33(39(31)45)40(21-9-10-22-40)30-18-20-34(41)37(44)25-30/h5,7-8,12-13,17-20,24-25,28,31-33,39,41-42,44-45H,3-4,6,9-10,15-16,21-23,26H2,1-2H3. The lowest BCUT2D eigenvalue weighted by molar-refractivity contribution is -0.130. The van der Waals surface area contributed by atoms with Crippen LogP contribution in [0.4, 0.5) is 0 Å². The predicted molar refractivity (Wildman–Crippen MR) is 180 cm³/mol. The van der Waals surface area contributed by atoms with Crippen molar-refractivity contribution in [3.8, 4) is 34.8 Å². The third-order valence-electron chi connectivity index (χ3n) is 10.6. The lowest BCUT2D eigenvalue weighted by Crippen LogP contribution is -2.46. The quantitative estimate of drug-likeness (QED) is 0.104. The van der Waals surface area contributed by atoms with E-state index in [1.807, 2.05) is 36.4 Å². The van der Waals surface area contributed by atoms with E-state index in [0.717, 1.165) is 61.6 Å². The molecule has 0 radical (unpaired) electrons. The summed E-state index contributed by atoms with van der Waals surface area (Å²) in [5.41, 5.74) is 2.42. The van der Waals surface area contributed by atoms with Crippen molar-refractivity contribution in [3.63, 3.8) is 0 Å². The first-order valence-corrected chi connectivity index (χ1v) is 16.9. The van der Waals surface area contributed by atoms with Gasteiger partial charge in [0, 0.05) is 41.9 Å². The zero-order valence-corrected chi connectivity index (χ0v) is 27.1. The smallest absolute Gasteiger partial charge is 0.160 e. The minimum atomic E-state index is -0.909. The number of unbranched alkanes of at least 4 members (excludes halogenated alkanes) is 2. The zero-order chi connectivity index (χ0) is 32.7. The van der Waals surface area contributed by atoms with E-state index < -0.39 is 17.4 Å². The van der Waals surface area contributed by atoms with Crippen molar-refractivity contribution in [3.05, 3.63) is 83.4 Å². The molecule has 0 aliphatic heterocycles. The summed E-state index contributed by atoms with van der Waals surface area (Å²) >= 11 is 0. The molecule has 2 aliphatic carbocycles. The van der Waals surface area contributed by atoms with Crippen molar-refractivity contribution < 1.29 is 30.0 Å². The van der Waals surface area contributed by atoms with Gasteiger partial charge in [-0.1, -0.05) is 87.4 Å². The fourth-order valence-electron chi connectivity index (χ4n) is 8.02. The molecule has 1 saturated carbocycles. The summed E-state index contributed by atoms with van der Waals surface area (Å²) in [7, 11) is 1.52. The lowest BCUT2D eigenvalue weighted by Gasteiger charge is -2.43. The van der Waals surface area contributed by atoms with E-state index in [1.165, 1.54) is 13.2 Å². The fourth-order valence-corrected chi connectivity index (χ4v) is 8.02. The average molecular weight is 625 g/mol. The Morgan fingerprint density at radius 3 is 2.35 bits per heavy atom. The number of aliphatic hydroxyl groups excluding tert-OH is 1. The van der Waals surface area contributed by atoms with Crippen molar-refractivity contribution in [2.45, 2.75) is 95.0 Å². The van der Waals surface area contributed by atoms with Gasteiger partial charge in [-0.25, -0.2) is 0 Å². The van der Waals surface area contributed by atoms with Gasteiger partial charge in [0.05, 0.1) is 13.2 Å². The number of Topliss-reactive ketones (excluding diaryl/α,β-unsaturated/α-hetero) is 1. The minimum Gasteiger partial charge on any atom is -0.504 e. The van der Waals surface area contributed by atoms with Crippen LogP contribution in [-0.4, -0.2) is 39.4 Å². The number of carbonyl (C=O) groups is 1. The molecule has 6 heteroatoms. The number of ether oxygens (including phenoxy) is 1. The summed E-state index contributed by atoms with van der Waals surface area (Å²) in [6.07, 6.45) is 7.41. The first kappa shape index (κ1) is 33.4. The maximum atomic E-state index is 14.6. The second-order valence-electron chi connectivity index (χ2n) is 13.3. The van der Waals surface area contributed by atoms with Crippen LogP contribution in [0.3, 0.4) is 0 Å². The van der Waals surface area contributed by atoms with Gasteiger partial charge >= 0.3 is 0 Å². The lowest BCUT2D eigenvalue weighted by atomic mass is 9.62. The fraction of sp³-hybridized carbons (Fsp3) is 0.475. The molecule has 2 aliphatic rings. The van der Waals surface area contributed by atoms with Gasteiger partial charge in [0.2, 0.25) is 0 Å². The molecule has 1 fully saturated rings. The van der Waals surface area contributed by atoms with Crippen LogP contribution >= 0.6 is 0 Å². The molecule has 244 valence electrons. The molecule has 3 aromatic carbocycles. The van der Waals surface area contributed by atoms with Crippen LogP contribution in [0.15, 0.2) is 66.7 Å². The maximum absolute atomic E-state index is 14.6. The number of aromatic hydroxyl groups is 3. The molecule has 0 saturated heterocycles. The summed E-state index contributed by atoms with van der Waals surface area (Å²) in [6.45, 7) is 2.14. The van der Waals surface area contributed by atoms with Gasteiger partial charge in [-0.15, -0.1) is 5.92 Å². The van der Waals surface area contributed by atoms with Gasteiger partial charge < -0.3 is 25.2 Å². The molecule has 0 bridgehead atoms. The van der Waals surface area contributed by atoms with Crippen molar-refractivity contribution >= 4 is 5.78 Å². The molecule has 0 spiro atoms. The molecule has 6 nitrogen and oxygen atoms in total. The highest BCUT2D eigenvalue weighted by molar-refractivity contribution is 5.82. The van der Waals surface area contributed by atoms with Crippen LogP contribution in [0.5, 0.6) is 23.0 Å². The largest absolute Gasteiger partial charge is 0.504 e. The Morgan fingerprint density at radius 1 is 0.913 bits per heavy atom. The molecular weight excluding hydrogens is 576 g/mol. The molecule has 46 heavy (non-hydrogen) atoms. The van der Waals surface area contributed by atoms with Crippen LogP contribution in [-0.2, 0) is 16.6 Å². The van der Waals surface area contributed by atoms with E-state index in [0.29, 0.717) is 25.0 Å². The summed E-state index contributed by atoms with van der Waals surface area (Å²) in [4.78, 5) is 14.6. The zero-order valence-electron chi connectivity index (χ0n) is 27.1. The number of ketones is 1. The van der Waals surface area contributed by atoms with Gasteiger partial charge in [0.25, 0.3) is 0 Å². The van der Waals surface area contributed by atoms with Crippen molar-refractivity contribution in [2.24, 2.45) is 17.8 Å². The number of rotatable bonds is 10. The number of phenolic OH excluding ortho intramolecular Hbond substituents is 3. The van der Waals surface area contributed by atoms with Crippen LogP contribution in [0.25, 0.3) is 0 Å². The maximum Gasteiger partial charge on any atom is 0.160 e. The highest BCUT2D eigenvalue weighted by Gasteiger charge is 2.49. The molecular formula is C40H48O6. The molecule has 3 aromatic rings. The summed E-state index contributed by atoms with van der Waals surface area (Å²) in [5.74, 6) is 5.88. The molecule has 4 N–H and O–H groups in total. The highest BCUT2D eigenvalue weighted by atomic mass is 16.5. The third-order valence-corrected chi connectivity index (χ3v) is 10.6. The monoisotopic (exact) mass is 624 g/mol. The van der Waals surface area contributed by atoms with Crippen molar-refractivity contribution in [1.29, 1.82) is 0 Å². The number of benzene rings is 3. The second kappa shape index (κ2) is 15.1. The van der Waals surface area contributed by atoms with Crippen molar-refractivity contribution in [2.75, 3.05) is 7.11 Å². The SMILES string of the molecule is CCCCCC1C(=O)CC(c2ccc(O)c(OC)c2)C(Cc2ccccc2)C#CCC(C2(c3ccc(O)c(O)c3)CCCC2)C1O. The van der Waals surface area contributed by atoms with Crippen LogP contribution < -0.4 is 4.74 Å². The van der Waals surface area contributed by atoms with E-state index in [2.05, 4.69) is 30.9 Å². The molecule has 5 unspecified atom stereocenters. The van der Waals surface area contributed by atoms with Crippen molar-refractivity contribution in [1.82, 2.24) is 0 Å². The van der Waals surface area contributed by atoms with E-state index in [-0.39, 0.29) is 47.2 Å². The third kappa shape index (κ3) is 7.21. The van der Waals surface area contributed by atoms with Crippen LogP contribution in [0.1, 0.15) is 93.7 Å². The van der Waals surface area contributed by atoms with Gasteiger partial charge in [0.1, 0.15) is 5.78 Å². The molecule has 0 amide bonds. The summed E-state index contributed by atoms with van der Waals surface area (Å²) in [5, 5.41) is 43.3. The molecule has 0 heterocycles. The first-order chi connectivity index (χ1) is 22.3. The number of aliphatic hydroxyl groups is 1.